The van der Waals surface area contributed by atoms with Crippen molar-refractivity contribution < 1.29 is 14.6 Å². The third kappa shape index (κ3) is 5.68. The Bertz CT molecular complexity index is 1330. The molecule has 1 aliphatic rings. The molecule has 2 heterocycles. The SMILES string of the molecule is COc1ccc(-c2nnc(NC3CCN(Cc4ccc(C(C)O)cc4)CC3)c3cc(OC)ccc23)cc1. The van der Waals surface area contributed by atoms with Crippen molar-refractivity contribution in [2.45, 2.75) is 38.5 Å². The largest absolute Gasteiger partial charge is 0.497 e. The number of hydrogen-bond acceptors (Lipinski definition) is 7. The number of rotatable bonds is 8. The molecular formula is C30H34N4O3. The molecule has 1 unspecified atom stereocenters. The number of piperidine rings is 1. The fourth-order valence-electron chi connectivity index (χ4n) is 4.92. The average Bonchev–Trinajstić information content (AvgIpc) is 2.94. The van der Waals surface area contributed by atoms with E-state index < -0.39 is 6.10 Å². The van der Waals surface area contributed by atoms with Gasteiger partial charge in [0.05, 0.1) is 20.3 Å². The van der Waals surface area contributed by atoms with Crippen molar-refractivity contribution >= 4 is 16.6 Å². The highest BCUT2D eigenvalue weighted by Gasteiger charge is 2.21. The highest BCUT2D eigenvalue weighted by atomic mass is 16.5. The van der Waals surface area contributed by atoms with Gasteiger partial charge in [-0.05, 0) is 73.4 Å². The van der Waals surface area contributed by atoms with Crippen LogP contribution in [0.15, 0.2) is 66.7 Å². The molecule has 5 rings (SSSR count). The summed E-state index contributed by atoms with van der Waals surface area (Å²) in [6, 6.07) is 22.5. The number of ether oxygens (including phenoxy) is 2. The molecule has 0 radical (unpaired) electrons. The number of benzene rings is 3. The molecule has 192 valence electrons. The number of hydrogen-bond donors (Lipinski definition) is 2. The fourth-order valence-corrected chi connectivity index (χ4v) is 4.92. The predicted octanol–water partition coefficient (Wildman–Crippen LogP) is 5.44. The normalized spacial score (nSPS) is 15.5. The van der Waals surface area contributed by atoms with Crippen molar-refractivity contribution in [3.05, 3.63) is 77.9 Å². The Morgan fingerprint density at radius 3 is 2.22 bits per heavy atom. The van der Waals surface area contributed by atoms with E-state index >= 15 is 0 Å². The van der Waals surface area contributed by atoms with Gasteiger partial charge in [0.2, 0.25) is 0 Å². The number of methoxy groups -OCH3 is 2. The number of aromatic nitrogens is 2. The van der Waals surface area contributed by atoms with Crippen molar-refractivity contribution in [3.8, 4) is 22.8 Å². The highest BCUT2D eigenvalue weighted by molar-refractivity contribution is 6.00. The van der Waals surface area contributed by atoms with Crippen LogP contribution in [0.2, 0.25) is 0 Å². The van der Waals surface area contributed by atoms with E-state index in [4.69, 9.17) is 9.47 Å². The quantitative estimate of drug-likeness (QED) is 0.335. The minimum absolute atomic E-state index is 0.324. The summed E-state index contributed by atoms with van der Waals surface area (Å²) in [5.41, 5.74) is 4.05. The smallest absolute Gasteiger partial charge is 0.156 e. The minimum atomic E-state index is -0.430. The van der Waals surface area contributed by atoms with Gasteiger partial charge >= 0.3 is 0 Å². The zero-order valence-electron chi connectivity index (χ0n) is 21.6. The molecule has 0 saturated carbocycles. The van der Waals surface area contributed by atoms with Crippen LogP contribution in [0.25, 0.3) is 22.0 Å². The van der Waals surface area contributed by atoms with Gasteiger partial charge in [-0.25, -0.2) is 0 Å². The molecule has 1 aliphatic heterocycles. The molecule has 1 atom stereocenters. The first kappa shape index (κ1) is 25.0. The van der Waals surface area contributed by atoms with Crippen LogP contribution in [0.5, 0.6) is 11.5 Å². The third-order valence-corrected chi connectivity index (χ3v) is 7.15. The Morgan fingerprint density at radius 2 is 1.57 bits per heavy atom. The zero-order chi connectivity index (χ0) is 25.8. The number of nitrogens with one attached hydrogen (secondary N) is 1. The lowest BCUT2D eigenvalue weighted by Gasteiger charge is -2.32. The monoisotopic (exact) mass is 498 g/mol. The van der Waals surface area contributed by atoms with E-state index in [0.717, 1.165) is 77.4 Å². The summed E-state index contributed by atoms with van der Waals surface area (Å²) in [6.07, 6.45) is 1.62. The van der Waals surface area contributed by atoms with Gasteiger partial charge in [-0.3, -0.25) is 4.90 Å². The fraction of sp³-hybridized carbons (Fsp3) is 0.333. The third-order valence-electron chi connectivity index (χ3n) is 7.15. The van der Waals surface area contributed by atoms with E-state index in [9.17, 15) is 5.11 Å². The topological polar surface area (TPSA) is 79.7 Å². The van der Waals surface area contributed by atoms with E-state index in [0.29, 0.717) is 6.04 Å². The Labute approximate surface area is 218 Å². The number of anilines is 1. The van der Waals surface area contributed by atoms with Crippen molar-refractivity contribution in [2.75, 3.05) is 32.6 Å². The van der Waals surface area contributed by atoms with Gasteiger partial charge in [0, 0.05) is 42.0 Å². The minimum Gasteiger partial charge on any atom is -0.497 e. The summed E-state index contributed by atoms with van der Waals surface area (Å²) in [4.78, 5) is 2.48. The molecule has 3 aromatic carbocycles. The molecule has 1 saturated heterocycles. The molecule has 0 amide bonds. The van der Waals surface area contributed by atoms with E-state index in [-0.39, 0.29) is 0 Å². The summed E-state index contributed by atoms with van der Waals surface area (Å²) in [7, 11) is 3.35. The first-order valence-electron chi connectivity index (χ1n) is 12.8. The van der Waals surface area contributed by atoms with Gasteiger partial charge in [-0.15, -0.1) is 10.2 Å². The maximum absolute atomic E-state index is 9.74. The molecule has 0 bridgehead atoms. The Kier molecular flexibility index (Phi) is 7.53. The van der Waals surface area contributed by atoms with Gasteiger partial charge in [0.15, 0.2) is 5.82 Å². The molecule has 1 fully saturated rings. The summed E-state index contributed by atoms with van der Waals surface area (Å²) < 4.78 is 10.8. The van der Waals surface area contributed by atoms with Crippen LogP contribution >= 0.6 is 0 Å². The number of nitrogens with zero attached hydrogens (tertiary/aromatic N) is 3. The molecular weight excluding hydrogens is 464 g/mol. The Morgan fingerprint density at radius 1 is 0.892 bits per heavy atom. The van der Waals surface area contributed by atoms with E-state index in [2.05, 4.69) is 38.6 Å². The van der Waals surface area contributed by atoms with E-state index in [1.165, 1.54) is 5.56 Å². The molecule has 1 aromatic heterocycles. The van der Waals surface area contributed by atoms with Crippen molar-refractivity contribution in [1.82, 2.24) is 15.1 Å². The predicted molar refractivity (Wildman–Crippen MR) is 147 cm³/mol. The summed E-state index contributed by atoms with van der Waals surface area (Å²) in [5.74, 6) is 2.39. The van der Waals surface area contributed by atoms with E-state index in [1.54, 1.807) is 21.1 Å². The second-order valence-corrected chi connectivity index (χ2v) is 9.65. The number of aliphatic hydroxyl groups is 1. The molecule has 0 spiro atoms. The molecule has 4 aromatic rings. The average molecular weight is 499 g/mol. The standard InChI is InChI=1S/C30H34N4O3/c1-20(35)22-6-4-21(5-7-22)19-34-16-14-24(15-17-34)31-30-28-18-26(37-3)12-13-27(28)29(32-33-30)23-8-10-25(36-2)11-9-23/h4-13,18,20,24,35H,14-17,19H2,1-3H3,(H,31,33). The lowest BCUT2D eigenvalue weighted by atomic mass is 10.0. The van der Waals surface area contributed by atoms with E-state index in [1.807, 2.05) is 48.5 Å². The second kappa shape index (κ2) is 11.2. The summed E-state index contributed by atoms with van der Waals surface area (Å²) >= 11 is 0. The van der Waals surface area contributed by atoms with Gasteiger partial charge in [-0.2, -0.15) is 0 Å². The van der Waals surface area contributed by atoms with Crippen molar-refractivity contribution in [3.63, 3.8) is 0 Å². The van der Waals surface area contributed by atoms with Crippen LogP contribution < -0.4 is 14.8 Å². The second-order valence-electron chi connectivity index (χ2n) is 9.65. The summed E-state index contributed by atoms with van der Waals surface area (Å²) in [6.45, 7) is 4.73. The Hall–Kier alpha value is -3.68. The van der Waals surface area contributed by atoms with Crippen LogP contribution in [0.1, 0.15) is 37.0 Å². The van der Waals surface area contributed by atoms with Crippen LogP contribution in [-0.4, -0.2) is 53.6 Å². The van der Waals surface area contributed by atoms with Crippen LogP contribution in [0.3, 0.4) is 0 Å². The van der Waals surface area contributed by atoms with Gasteiger partial charge < -0.3 is 19.9 Å². The van der Waals surface area contributed by atoms with Gasteiger partial charge in [0.1, 0.15) is 17.2 Å². The van der Waals surface area contributed by atoms with Gasteiger partial charge in [-0.1, -0.05) is 24.3 Å². The number of likely N-dealkylation sites (tertiary alicyclic amines) is 1. The Balaban J connectivity index is 1.30. The molecule has 7 nitrogen and oxygen atoms in total. The van der Waals surface area contributed by atoms with Crippen LogP contribution in [0.4, 0.5) is 5.82 Å². The maximum atomic E-state index is 9.74. The van der Waals surface area contributed by atoms with Crippen molar-refractivity contribution in [1.29, 1.82) is 0 Å². The summed E-state index contributed by atoms with van der Waals surface area (Å²) in [5, 5.41) is 24.7. The zero-order valence-corrected chi connectivity index (χ0v) is 21.6. The first-order chi connectivity index (χ1) is 18.0. The van der Waals surface area contributed by atoms with Gasteiger partial charge in [0.25, 0.3) is 0 Å². The van der Waals surface area contributed by atoms with Crippen molar-refractivity contribution in [2.24, 2.45) is 0 Å². The lowest BCUT2D eigenvalue weighted by Crippen LogP contribution is -2.38. The number of fused-ring (bicyclic) bond motifs is 1. The maximum Gasteiger partial charge on any atom is 0.156 e. The molecule has 0 aliphatic carbocycles. The molecule has 37 heavy (non-hydrogen) atoms. The first-order valence-corrected chi connectivity index (χ1v) is 12.8. The van der Waals surface area contributed by atoms with Crippen LogP contribution in [-0.2, 0) is 6.54 Å². The lowest BCUT2D eigenvalue weighted by molar-refractivity contribution is 0.199. The molecule has 2 N–H and O–H groups in total. The van der Waals surface area contributed by atoms with Crippen LogP contribution in [0, 0.1) is 0 Å². The highest BCUT2D eigenvalue weighted by Crippen LogP contribution is 2.34. The number of aliphatic hydroxyl groups excluding tert-OH is 1. The molecule has 7 heteroatoms.